The molecule has 18 heavy (non-hydrogen) atoms. The van der Waals surface area contributed by atoms with Crippen LogP contribution in [0, 0.1) is 0 Å². The van der Waals surface area contributed by atoms with Crippen molar-refractivity contribution in [3.05, 3.63) is 23.3 Å². The fraction of sp³-hybridized carbons (Fsp3) is 0.500. The van der Waals surface area contributed by atoms with Gasteiger partial charge in [-0.25, -0.2) is 0 Å². The zero-order valence-electron chi connectivity index (χ0n) is 11.0. The summed E-state index contributed by atoms with van der Waals surface area (Å²) in [7, 11) is 3.15. The van der Waals surface area contributed by atoms with E-state index in [1.807, 2.05) is 13.0 Å². The van der Waals surface area contributed by atoms with Crippen molar-refractivity contribution >= 4 is 6.29 Å². The minimum Gasteiger partial charge on any atom is -0.493 e. The van der Waals surface area contributed by atoms with Crippen LogP contribution in [0.15, 0.2) is 12.1 Å². The molecule has 2 N–H and O–H groups in total. The van der Waals surface area contributed by atoms with Crippen molar-refractivity contribution in [3.8, 4) is 11.5 Å². The molecule has 1 aliphatic carbocycles. The summed E-state index contributed by atoms with van der Waals surface area (Å²) >= 11 is 0. The monoisotopic (exact) mass is 249 g/mol. The third-order valence-corrected chi connectivity index (χ3v) is 3.88. The van der Waals surface area contributed by atoms with Gasteiger partial charge in [-0.1, -0.05) is 0 Å². The molecule has 0 saturated heterocycles. The average molecular weight is 249 g/mol. The first-order valence-electron chi connectivity index (χ1n) is 6.06. The van der Waals surface area contributed by atoms with E-state index in [4.69, 9.17) is 15.2 Å². The second kappa shape index (κ2) is 4.61. The fourth-order valence-electron chi connectivity index (χ4n) is 2.53. The van der Waals surface area contributed by atoms with Gasteiger partial charge in [0.15, 0.2) is 11.5 Å². The molecule has 0 spiro atoms. The van der Waals surface area contributed by atoms with Crippen LogP contribution < -0.4 is 15.2 Å². The van der Waals surface area contributed by atoms with E-state index in [0.717, 1.165) is 24.7 Å². The molecule has 1 aliphatic rings. The van der Waals surface area contributed by atoms with Crippen LogP contribution in [0.4, 0.5) is 0 Å². The highest BCUT2D eigenvalue weighted by molar-refractivity contribution is 5.80. The van der Waals surface area contributed by atoms with Gasteiger partial charge >= 0.3 is 0 Å². The van der Waals surface area contributed by atoms with Crippen LogP contribution in [0.25, 0.3) is 0 Å². The topological polar surface area (TPSA) is 61.5 Å². The van der Waals surface area contributed by atoms with Crippen LogP contribution in [-0.4, -0.2) is 26.5 Å². The molecule has 1 fully saturated rings. The van der Waals surface area contributed by atoms with E-state index in [1.165, 1.54) is 0 Å². The lowest BCUT2D eigenvalue weighted by Crippen LogP contribution is -2.32. The number of hydrogen-bond acceptors (Lipinski definition) is 4. The first-order valence-corrected chi connectivity index (χ1v) is 6.06. The predicted molar refractivity (Wildman–Crippen MR) is 69.5 cm³/mol. The van der Waals surface area contributed by atoms with E-state index in [9.17, 15) is 4.79 Å². The maximum atomic E-state index is 11.3. The highest BCUT2D eigenvalue weighted by atomic mass is 16.5. The van der Waals surface area contributed by atoms with Gasteiger partial charge in [0.2, 0.25) is 0 Å². The molecule has 0 aliphatic heterocycles. The van der Waals surface area contributed by atoms with Crippen LogP contribution in [0.5, 0.6) is 11.5 Å². The molecule has 1 aromatic rings. The Bertz CT molecular complexity index is 464. The summed E-state index contributed by atoms with van der Waals surface area (Å²) in [5.74, 6) is 1.22. The zero-order chi connectivity index (χ0) is 13.3. The van der Waals surface area contributed by atoms with Gasteiger partial charge in [-0.15, -0.1) is 0 Å². The predicted octanol–water partition coefficient (Wildman–Crippen LogP) is 1.90. The number of benzene rings is 1. The van der Waals surface area contributed by atoms with Crippen LogP contribution in [0.2, 0.25) is 0 Å². The summed E-state index contributed by atoms with van der Waals surface area (Å²) < 4.78 is 10.5. The average Bonchev–Trinajstić information content (AvgIpc) is 3.18. The van der Waals surface area contributed by atoms with Crippen LogP contribution >= 0.6 is 0 Å². The van der Waals surface area contributed by atoms with E-state index < -0.39 is 0 Å². The first kappa shape index (κ1) is 12.9. The molecule has 1 saturated carbocycles. The van der Waals surface area contributed by atoms with E-state index in [-0.39, 0.29) is 11.5 Å². The lowest BCUT2D eigenvalue weighted by molar-refractivity contribution is 0.112. The molecule has 2 rings (SSSR count). The van der Waals surface area contributed by atoms with E-state index in [0.29, 0.717) is 17.1 Å². The van der Waals surface area contributed by atoms with Crippen molar-refractivity contribution in [2.45, 2.75) is 31.2 Å². The van der Waals surface area contributed by atoms with Gasteiger partial charge in [0, 0.05) is 17.0 Å². The van der Waals surface area contributed by atoms with Gasteiger partial charge in [0.1, 0.15) is 6.29 Å². The highest BCUT2D eigenvalue weighted by Gasteiger charge is 2.49. The van der Waals surface area contributed by atoms with Gasteiger partial charge in [-0.2, -0.15) is 0 Å². The summed E-state index contributed by atoms with van der Waals surface area (Å²) in [5.41, 5.74) is 7.61. The smallest absolute Gasteiger partial charge is 0.161 e. The maximum Gasteiger partial charge on any atom is 0.161 e. The van der Waals surface area contributed by atoms with E-state index >= 15 is 0 Å². The Labute approximate surface area is 107 Å². The molecule has 0 aromatic heterocycles. The lowest BCUT2D eigenvalue weighted by atomic mass is 9.86. The van der Waals surface area contributed by atoms with Crippen molar-refractivity contribution in [1.82, 2.24) is 0 Å². The molecule has 4 nitrogen and oxygen atoms in total. The van der Waals surface area contributed by atoms with Crippen molar-refractivity contribution in [2.75, 3.05) is 14.2 Å². The quantitative estimate of drug-likeness (QED) is 0.809. The van der Waals surface area contributed by atoms with Gasteiger partial charge < -0.3 is 15.2 Å². The number of aldehydes is 1. The van der Waals surface area contributed by atoms with Gasteiger partial charge in [-0.05, 0) is 37.5 Å². The second-order valence-electron chi connectivity index (χ2n) is 4.86. The molecule has 1 unspecified atom stereocenters. The molecule has 1 aromatic carbocycles. The largest absolute Gasteiger partial charge is 0.493 e. The molecular formula is C14H19NO3. The standard InChI is InChI=1S/C14H19NO3/c1-9(15)14(4-5-14)11-7-13(18-3)12(17-2)6-10(11)8-16/h6-9H,4-5,15H2,1-3H3. The lowest BCUT2D eigenvalue weighted by Gasteiger charge is -2.23. The van der Waals surface area contributed by atoms with Crippen molar-refractivity contribution in [1.29, 1.82) is 0 Å². The zero-order valence-corrected chi connectivity index (χ0v) is 11.0. The van der Waals surface area contributed by atoms with Crippen LogP contribution in [0.1, 0.15) is 35.7 Å². The Morgan fingerprint density at radius 2 is 1.83 bits per heavy atom. The van der Waals surface area contributed by atoms with E-state index in [1.54, 1.807) is 20.3 Å². The van der Waals surface area contributed by atoms with Crippen molar-refractivity contribution < 1.29 is 14.3 Å². The summed E-state index contributed by atoms with van der Waals surface area (Å²) in [6.45, 7) is 1.98. The summed E-state index contributed by atoms with van der Waals surface area (Å²) in [4.78, 5) is 11.3. The van der Waals surface area contributed by atoms with Gasteiger partial charge in [-0.3, -0.25) is 4.79 Å². The molecule has 0 amide bonds. The number of carbonyl (C=O) groups excluding carboxylic acids is 1. The maximum absolute atomic E-state index is 11.3. The van der Waals surface area contributed by atoms with Gasteiger partial charge in [0.05, 0.1) is 14.2 Å². The van der Waals surface area contributed by atoms with Crippen molar-refractivity contribution in [3.63, 3.8) is 0 Å². The fourth-order valence-corrected chi connectivity index (χ4v) is 2.53. The number of carbonyl (C=O) groups is 1. The molecular weight excluding hydrogens is 230 g/mol. The minimum atomic E-state index is -0.0736. The Morgan fingerprint density at radius 1 is 1.28 bits per heavy atom. The van der Waals surface area contributed by atoms with Crippen molar-refractivity contribution in [2.24, 2.45) is 5.73 Å². The summed E-state index contributed by atoms with van der Waals surface area (Å²) in [5, 5.41) is 0. The number of nitrogens with two attached hydrogens (primary N) is 1. The Hall–Kier alpha value is -1.55. The molecule has 1 atom stereocenters. The third kappa shape index (κ3) is 1.86. The summed E-state index contributed by atoms with van der Waals surface area (Å²) in [6.07, 6.45) is 2.89. The summed E-state index contributed by atoms with van der Waals surface area (Å²) in [6, 6.07) is 3.64. The minimum absolute atomic E-state index is 0.0225. The highest BCUT2D eigenvalue weighted by Crippen LogP contribution is 2.52. The molecule has 4 heteroatoms. The Kier molecular flexibility index (Phi) is 3.30. The van der Waals surface area contributed by atoms with Crippen LogP contribution in [0.3, 0.4) is 0 Å². The van der Waals surface area contributed by atoms with E-state index in [2.05, 4.69) is 0 Å². The second-order valence-corrected chi connectivity index (χ2v) is 4.86. The van der Waals surface area contributed by atoms with Gasteiger partial charge in [0.25, 0.3) is 0 Å². The number of methoxy groups -OCH3 is 2. The molecule has 0 radical (unpaired) electrons. The number of hydrogen-bond donors (Lipinski definition) is 1. The SMILES string of the molecule is COc1cc(C=O)c(C2(C(C)N)CC2)cc1OC. The third-order valence-electron chi connectivity index (χ3n) is 3.88. The number of rotatable bonds is 5. The Morgan fingerprint density at radius 3 is 2.22 bits per heavy atom. The molecule has 0 bridgehead atoms. The van der Waals surface area contributed by atoms with Crippen LogP contribution in [-0.2, 0) is 5.41 Å². The number of ether oxygens (including phenoxy) is 2. The first-order chi connectivity index (χ1) is 8.58. The molecule has 0 heterocycles. The normalized spacial score (nSPS) is 18.0. The Balaban J connectivity index is 2.56. The molecule has 98 valence electrons.